The summed E-state index contributed by atoms with van der Waals surface area (Å²) in [5.41, 5.74) is 2.69. The minimum absolute atomic E-state index is 1.18. The van der Waals surface area contributed by atoms with Gasteiger partial charge in [0, 0.05) is 18.8 Å². The lowest BCUT2D eigenvalue weighted by Crippen LogP contribution is -2.29. The molecule has 1 rings (SSSR count). The largest absolute Gasteiger partial charge is 0.372 e. The fraction of sp³-hybridized carbons (Fsp3) is 0.636. The van der Waals surface area contributed by atoms with Crippen molar-refractivity contribution >= 4 is 0 Å². The second-order valence-electron chi connectivity index (χ2n) is 3.37. The first-order chi connectivity index (χ1) is 5.79. The first kappa shape index (κ1) is 9.37. The minimum atomic E-state index is 1.18. The van der Waals surface area contributed by atoms with Crippen molar-refractivity contribution in [3.63, 3.8) is 0 Å². The molecule has 1 aliphatic heterocycles. The zero-order valence-corrected chi connectivity index (χ0v) is 8.27. The molecule has 0 radical (unpaired) electrons. The molecule has 68 valence electrons. The molecular weight excluding hydrogens is 146 g/mol. The van der Waals surface area contributed by atoms with Gasteiger partial charge in [0.15, 0.2) is 0 Å². The molecule has 0 saturated carbocycles. The van der Waals surface area contributed by atoms with Crippen LogP contribution in [0.2, 0.25) is 0 Å². The highest BCUT2D eigenvalue weighted by molar-refractivity contribution is 5.28. The summed E-state index contributed by atoms with van der Waals surface area (Å²) in [6.07, 6.45) is 5.87. The second kappa shape index (κ2) is 4.34. The lowest BCUT2D eigenvalue weighted by Gasteiger charge is -2.32. The fourth-order valence-electron chi connectivity index (χ4n) is 1.84. The van der Waals surface area contributed by atoms with E-state index < -0.39 is 0 Å². The molecule has 1 saturated heterocycles. The third-order valence-corrected chi connectivity index (χ3v) is 2.38. The monoisotopic (exact) mass is 165 g/mol. The van der Waals surface area contributed by atoms with Crippen molar-refractivity contribution in [2.24, 2.45) is 0 Å². The van der Waals surface area contributed by atoms with Crippen LogP contribution in [0.5, 0.6) is 0 Å². The smallest absolute Gasteiger partial charge is 0.0349 e. The molecule has 0 aromatic heterocycles. The molecule has 0 N–H and O–H groups in total. The van der Waals surface area contributed by atoms with Crippen LogP contribution < -0.4 is 0 Å². The van der Waals surface area contributed by atoms with Gasteiger partial charge in [0.25, 0.3) is 0 Å². The van der Waals surface area contributed by atoms with E-state index in [2.05, 4.69) is 31.4 Å². The number of hydrogen-bond acceptors (Lipinski definition) is 1. The van der Waals surface area contributed by atoms with Gasteiger partial charge in [-0.1, -0.05) is 19.6 Å². The molecule has 0 amide bonds. The van der Waals surface area contributed by atoms with Crippen LogP contribution in [0, 0.1) is 0 Å². The topological polar surface area (TPSA) is 3.24 Å². The van der Waals surface area contributed by atoms with E-state index >= 15 is 0 Å². The molecule has 1 heterocycles. The zero-order chi connectivity index (χ0) is 8.97. The van der Waals surface area contributed by atoms with Crippen molar-refractivity contribution in [1.29, 1.82) is 0 Å². The fourth-order valence-corrected chi connectivity index (χ4v) is 1.84. The summed E-state index contributed by atoms with van der Waals surface area (Å²) < 4.78 is 0. The van der Waals surface area contributed by atoms with E-state index in [4.69, 9.17) is 0 Å². The van der Waals surface area contributed by atoms with E-state index in [1.54, 1.807) is 0 Å². The van der Waals surface area contributed by atoms with E-state index in [1.165, 1.54) is 43.6 Å². The number of likely N-dealkylation sites (tertiary alicyclic amines) is 1. The number of piperidine rings is 1. The Morgan fingerprint density at radius 3 is 2.92 bits per heavy atom. The molecule has 1 fully saturated rings. The van der Waals surface area contributed by atoms with Crippen LogP contribution in [0.25, 0.3) is 0 Å². The van der Waals surface area contributed by atoms with Gasteiger partial charge >= 0.3 is 0 Å². The van der Waals surface area contributed by atoms with Crippen LogP contribution in [0.4, 0.5) is 0 Å². The van der Waals surface area contributed by atoms with Gasteiger partial charge in [-0.25, -0.2) is 0 Å². The Morgan fingerprint density at radius 1 is 1.58 bits per heavy atom. The molecule has 12 heavy (non-hydrogen) atoms. The minimum Gasteiger partial charge on any atom is -0.372 e. The summed E-state index contributed by atoms with van der Waals surface area (Å²) in [5.74, 6) is 0. The average molecular weight is 165 g/mol. The van der Waals surface area contributed by atoms with Crippen molar-refractivity contribution < 1.29 is 0 Å². The van der Waals surface area contributed by atoms with Crippen LogP contribution in [-0.4, -0.2) is 18.0 Å². The Hall–Kier alpha value is -0.720. The predicted molar refractivity (Wildman–Crippen MR) is 54.0 cm³/mol. The highest BCUT2D eigenvalue weighted by Crippen LogP contribution is 2.24. The van der Waals surface area contributed by atoms with E-state index in [0.29, 0.717) is 0 Å². The maximum absolute atomic E-state index is 4.09. The second-order valence-corrected chi connectivity index (χ2v) is 3.37. The predicted octanol–water partition coefficient (Wildman–Crippen LogP) is 2.95. The normalized spacial score (nSPS) is 22.0. The maximum atomic E-state index is 4.09. The Morgan fingerprint density at radius 2 is 2.33 bits per heavy atom. The molecule has 0 atom stereocenters. The molecule has 1 nitrogen and oxygen atoms in total. The summed E-state index contributed by atoms with van der Waals surface area (Å²) in [6.45, 7) is 10.8. The van der Waals surface area contributed by atoms with Crippen LogP contribution in [-0.2, 0) is 0 Å². The van der Waals surface area contributed by atoms with E-state index in [9.17, 15) is 0 Å². The number of hydrogen-bond donors (Lipinski definition) is 0. The molecule has 0 aromatic carbocycles. The van der Waals surface area contributed by atoms with Crippen LogP contribution in [0.3, 0.4) is 0 Å². The van der Waals surface area contributed by atoms with Gasteiger partial charge in [-0.2, -0.15) is 0 Å². The Kier molecular flexibility index (Phi) is 3.39. The van der Waals surface area contributed by atoms with Crippen LogP contribution >= 0.6 is 0 Å². The zero-order valence-electron chi connectivity index (χ0n) is 8.27. The number of rotatable bonds is 2. The third-order valence-electron chi connectivity index (χ3n) is 2.38. The first-order valence-corrected chi connectivity index (χ1v) is 4.89. The van der Waals surface area contributed by atoms with Crippen molar-refractivity contribution in [2.75, 3.05) is 13.1 Å². The summed E-state index contributed by atoms with van der Waals surface area (Å²) in [4.78, 5) is 2.45. The average Bonchev–Trinajstić information content (AvgIpc) is 2.05. The number of nitrogens with zero attached hydrogens (tertiary/aromatic N) is 1. The molecule has 0 unspecified atom stereocenters. The quantitative estimate of drug-likeness (QED) is 0.608. The summed E-state index contributed by atoms with van der Waals surface area (Å²) >= 11 is 0. The van der Waals surface area contributed by atoms with Gasteiger partial charge in [0.05, 0.1) is 0 Å². The Labute approximate surface area is 75.8 Å². The van der Waals surface area contributed by atoms with Gasteiger partial charge in [-0.05, 0) is 31.8 Å². The molecule has 0 bridgehead atoms. The Balaban J connectivity index is 2.65. The van der Waals surface area contributed by atoms with Crippen molar-refractivity contribution in [3.05, 3.63) is 23.9 Å². The third kappa shape index (κ3) is 1.90. The van der Waals surface area contributed by atoms with Gasteiger partial charge in [0.2, 0.25) is 0 Å². The van der Waals surface area contributed by atoms with E-state index in [-0.39, 0.29) is 0 Å². The highest BCUT2D eigenvalue weighted by atomic mass is 15.1. The summed E-state index contributed by atoms with van der Waals surface area (Å²) in [7, 11) is 0. The van der Waals surface area contributed by atoms with Gasteiger partial charge in [-0.15, -0.1) is 0 Å². The van der Waals surface area contributed by atoms with Crippen molar-refractivity contribution in [1.82, 2.24) is 4.90 Å². The molecule has 0 aromatic rings. The van der Waals surface area contributed by atoms with Crippen molar-refractivity contribution in [3.8, 4) is 0 Å². The van der Waals surface area contributed by atoms with Crippen LogP contribution in [0.15, 0.2) is 23.9 Å². The highest BCUT2D eigenvalue weighted by Gasteiger charge is 2.15. The van der Waals surface area contributed by atoms with Crippen molar-refractivity contribution in [2.45, 2.75) is 33.1 Å². The van der Waals surface area contributed by atoms with Gasteiger partial charge < -0.3 is 4.90 Å². The van der Waals surface area contributed by atoms with E-state index in [0.717, 1.165) is 0 Å². The Bertz CT molecular complexity index is 189. The molecular formula is C11H19N. The lowest BCUT2D eigenvalue weighted by molar-refractivity contribution is 0.321. The summed E-state index contributed by atoms with van der Waals surface area (Å²) in [5, 5.41) is 0. The molecule has 0 spiro atoms. The number of allylic oxidation sites excluding steroid dienone is 2. The molecule has 1 aliphatic rings. The molecule has 1 heteroatoms. The van der Waals surface area contributed by atoms with Gasteiger partial charge in [0.1, 0.15) is 0 Å². The maximum Gasteiger partial charge on any atom is 0.0349 e. The first-order valence-electron chi connectivity index (χ1n) is 4.89. The van der Waals surface area contributed by atoms with E-state index in [1.807, 2.05) is 0 Å². The van der Waals surface area contributed by atoms with Gasteiger partial charge in [-0.3, -0.25) is 0 Å². The lowest BCUT2D eigenvalue weighted by atomic mass is 10.0. The summed E-state index contributed by atoms with van der Waals surface area (Å²) in [6, 6.07) is 0. The van der Waals surface area contributed by atoms with Crippen LogP contribution in [0.1, 0.15) is 33.1 Å². The standard InChI is InChI=1S/C11H19N/c1-4-8-12-9-6-7-10(3)11(12)5-2/h5H,3-4,6-9H2,1-2H3/b11-5-. The molecule has 0 aliphatic carbocycles. The SMILES string of the molecule is C=C1CCCN(CCC)/C1=C\C.